The van der Waals surface area contributed by atoms with E-state index in [1.807, 2.05) is 36.4 Å². The molecule has 0 aromatic heterocycles. The van der Waals surface area contributed by atoms with Gasteiger partial charge in [0.2, 0.25) is 0 Å². The van der Waals surface area contributed by atoms with E-state index in [1.165, 1.54) is 12.1 Å². The molecule has 0 heterocycles. The van der Waals surface area contributed by atoms with Crippen LogP contribution in [0.5, 0.6) is 11.5 Å². The van der Waals surface area contributed by atoms with Crippen LogP contribution < -0.4 is 153 Å². The van der Waals surface area contributed by atoms with Crippen molar-refractivity contribution >= 4 is 6.16 Å². The Balaban J connectivity index is 0. The maximum absolute atomic E-state index is 9.39. The summed E-state index contributed by atoms with van der Waals surface area (Å²) in [4.78, 5) is 8.33. The molecule has 8 heteroatoms. The monoisotopic (exact) mass is 551 g/mol. The number of hydrogen-bond donors (Lipinski definition) is 1. The molecule has 0 atom stereocenters. The van der Waals surface area contributed by atoms with E-state index in [1.54, 1.807) is 6.07 Å². The second-order valence-corrected chi connectivity index (χ2v) is 3.85. The molecule has 0 radical (unpaired) electrons. The van der Waals surface area contributed by atoms with Crippen molar-refractivity contribution < 1.29 is 163 Å². The first-order valence-corrected chi connectivity index (χ1v) is 5.80. The zero-order chi connectivity index (χ0) is 15.7. The first-order valence-electron chi connectivity index (χ1n) is 5.80. The Morgan fingerprint density at radius 3 is 2.22 bits per heavy atom. The number of ether oxygens (including phenoxy) is 1. The minimum absolute atomic E-state index is 0. The number of phenolic OH excluding ortho intramolecular Hbond substituents is 1. The summed E-state index contributed by atoms with van der Waals surface area (Å²) in [6.45, 7) is 0.412. The van der Waals surface area contributed by atoms with Crippen LogP contribution in [0.3, 0.4) is 0 Å². The summed E-state index contributed by atoms with van der Waals surface area (Å²) in [5.41, 5.74) is 1.42. The fourth-order valence-electron chi connectivity index (χ4n) is 1.47. The molecule has 2 aromatic rings. The van der Waals surface area contributed by atoms with E-state index in [4.69, 9.17) is 25.0 Å². The number of carboxylic acid groups (broad SMARTS) is 2. The predicted octanol–water partition coefficient (Wildman–Crippen LogP) is -5.60. The molecule has 0 saturated carbocycles. The SMILES string of the molecule is N#Cc1cc(O)cc(OCc2ccccc2)c1.O=C([O-])[O-].[Cs+].[Cs+]. The van der Waals surface area contributed by atoms with Crippen LogP contribution >= 0.6 is 0 Å². The Morgan fingerprint density at radius 2 is 1.70 bits per heavy atom. The van der Waals surface area contributed by atoms with Crippen molar-refractivity contribution in [2.45, 2.75) is 6.61 Å². The molecule has 0 spiro atoms. The predicted molar refractivity (Wildman–Crippen MR) is 69.0 cm³/mol. The van der Waals surface area contributed by atoms with Crippen LogP contribution in [0.4, 0.5) is 4.79 Å². The van der Waals surface area contributed by atoms with Crippen molar-refractivity contribution in [1.82, 2.24) is 0 Å². The van der Waals surface area contributed by atoms with Gasteiger partial charge < -0.3 is 24.9 Å². The van der Waals surface area contributed by atoms with Crippen molar-refractivity contribution in [3.05, 3.63) is 59.7 Å². The molecular weight excluding hydrogens is 540 g/mol. The number of rotatable bonds is 3. The zero-order valence-electron chi connectivity index (χ0n) is 12.9. The Labute approximate surface area is 251 Å². The first kappa shape index (κ1) is 26.1. The number of aromatic hydroxyl groups is 1. The van der Waals surface area contributed by atoms with Gasteiger partial charge in [-0.15, -0.1) is 0 Å². The third-order valence-electron chi connectivity index (χ3n) is 2.27. The zero-order valence-corrected chi connectivity index (χ0v) is 25.4. The van der Waals surface area contributed by atoms with Crippen LogP contribution in [0.25, 0.3) is 0 Å². The number of hydrogen-bond acceptors (Lipinski definition) is 6. The van der Waals surface area contributed by atoms with Crippen molar-refractivity contribution in [3.63, 3.8) is 0 Å². The topological polar surface area (TPSA) is 116 Å². The molecule has 0 bridgehead atoms. The maximum Gasteiger partial charge on any atom is 1.00 e. The van der Waals surface area contributed by atoms with Crippen LogP contribution in [0.2, 0.25) is 0 Å². The van der Waals surface area contributed by atoms with Crippen LogP contribution in [-0.2, 0) is 6.61 Å². The number of benzene rings is 2. The van der Waals surface area contributed by atoms with E-state index >= 15 is 0 Å². The standard InChI is InChI=1S/C14H11NO2.CH2O3.2Cs/c15-9-12-6-13(16)8-14(7-12)17-10-11-4-2-1-3-5-11;2-1(3)4;;/h1-8,16H,10H2;(H2,2,3,4);;/q;;2*+1/p-2. The second kappa shape index (κ2) is 15.2. The van der Waals surface area contributed by atoms with Crippen molar-refractivity contribution in [1.29, 1.82) is 5.26 Å². The smallest absolute Gasteiger partial charge is 0.652 e. The molecule has 23 heavy (non-hydrogen) atoms. The molecule has 0 aliphatic heterocycles. The van der Waals surface area contributed by atoms with Crippen LogP contribution in [0, 0.1) is 11.3 Å². The maximum atomic E-state index is 9.39. The van der Waals surface area contributed by atoms with Gasteiger partial charge in [-0.3, -0.25) is 0 Å². The Hall–Kier alpha value is 0.904. The summed E-state index contributed by atoms with van der Waals surface area (Å²) in [6, 6.07) is 16.2. The molecule has 0 amide bonds. The second-order valence-electron chi connectivity index (χ2n) is 3.85. The summed E-state index contributed by atoms with van der Waals surface area (Å²) in [5, 5.41) is 34.8. The van der Waals surface area contributed by atoms with Crippen molar-refractivity contribution in [2.75, 3.05) is 0 Å². The van der Waals surface area contributed by atoms with Gasteiger partial charge in [0.15, 0.2) is 0 Å². The number of nitrogens with zero attached hydrogens (tertiary/aromatic N) is 1. The van der Waals surface area contributed by atoms with Gasteiger partial charge in [0.25, 0.3) is 0 Å². The number of nitriles is 1. The first-order chi connectivity index (χ1) is 10.0. The molecule has 6 nitrogen and oxygen atoms in total. The molecule has 2 rings (SSSR count). The summed E-state index contributed by atoms with van der Waals surface area (Å²) >= 11 is 0. The molecule has 2 aromatic carbocycles. The van der Waals surface area contributed by atoms with E-state index < -0.39 is 6.16 Å². The molecule has 0 saturated heterocycles. The fraction of sp³-hybridized carbons (Fsp3) is 0.0667. The minimum Gasteiger partial charge on any atom is -0.652 e. The molecule has 0 aliphatic carbocycles. The normalized spacial score (nSPS) is 8.13. The Morgan fingerprint density at radius 1 is 1.13 bits per heavy atom. The van der Waals surface area contributed by atoms with Gasteiger partial charge in [-0.2, -0.15) is 5.26 Å². The summed E-state index contributed by atoms with van der Waals surface area (Å²) in [5.74, 6) is 0.525. The van der Waals surface area contributed by atoms with Crippen LogP contribution in [0.1, 0.15) is 11.1 Å². The van der Waals surface area contributed by atoms with Crippen molar-refractivity contribution in [3.8, 4) is 17.6 Å². The number of phenols is 1. The third-order valence-corrected chi connectivity index (χ3v) is 2.27. The molecule has 0 aliphatic rings. The largest absolute Gasteiger partial charge is 1.00 e. The van der Waals surface area contributed by atoms with Gasteiger partial charge in [0, 0.05) is 6.07 Å². The summed E-state index contributed by atoms with van der Waals surface area (Å²) < 4.78 is 5.50. The van der Waals surface area contributed by atoms with E-state index in [0.717, 1.165) is 5.56 Å². The van der Waals surface area contributed by atoms with E-state index in [0.29, 0.717) is 17.9 Å². The van der Waals surface area contributed by atoms with Gasteiger partial charge in [-0.25, -0.2) is 0 Å². The van der Waals surface area contributed by atoms with Gasteiger partial charge in [0.05, 0.1) is 11.6 Å². The van der Waals surface area contributed by atoms with Crippen molar-refractivity contribution in [2.24, 2.45) is 0 Å². The summed E-state index contributed by atoms with van der Waals surface area (Å²) in [7, 11) is 0. The number of carbonyl (C=O) groups is 1. The van der Waals surface area contributed by atoms with Gasteiger partial charge >= 0.3 is 138 Å². The van der Waals surface area contributed by atoms with Gasteiger partial charge in [0.1, 0.15) is 18.1 Å². The molecule has 108 valence electrons. The fourth-order valence-corrected chi connectivity index (χ4v) is 1.47. The number of carbonyl (C=O) groups excluding carboxylic acids is 1. The third kappa shape index (κ3) is 12.9. The van der Waals surface area contributed by atoms with E-state index in [9.17, 15) is 5.11 Å². The molecule has 1 N–H and O–H groups in total. The van der Waals surface area contributed by atoms with Gasteiger partial charge in [-0.1, -0.05) is 30.3 Å². The minimum atomic E-state index is -2.33. The average Bonchev–Trinajstić information content (AvgIpc) is 2.45. The summed E-state index contributed by atoms with van der Waals surface area (Å²) in [6.07, 6.45) is -2.33. The molecule has 0 fully saturated rings. The molecule has 0 unspecified atom stereocenters. The molecular formula is C15H11Cs2NO5. The average molecular weight is 551 g/mol. The Bertz CT molecular complexity index is 640. The van der Waals surface area contributed by atoms with Crippen LogP contribution in [-0.4, -0.2) is 11.3 Å². The van der Waals surface area contributed by atoms with E-state index in [-0.39, 0.29) is 144 Å². The Kier molecular flexibility index (Phi) is 17.3. The van der Waals surface area contributed by atoms with Gasteiger partial charge in [-0.05, 0) is 23.9 Å². The van der Waals surface area contributed by atoms with E-state index in [2.05, 4.69) is 0 Å². The quantitative estimate of drug-likeness (QED) is 0.407. The van der Waals surface area contributed by atoms with Crippen LogP contribution in [0.15, 0.2) is 48.5 Å².